The minimum absolute atomic E-state index is 0.0504. The fourth-order valence-corrected chi connectivity index (χ4v) is 2.03. The van der Waals surface area contributed by atoms with Gasteiger partial charge in [-0.05, 0) is 31.2 Å². The average Bonchev–Trinajstić information content (AvgIpc) is 2.95. The van der Waals surface area contributed by atoms with Crippen LogP contribution in [0.1, 0.15) is 18.7 Å². The number of hydrogen-bond donors (Lipinski definition) is 2. The first-order chi connectivity index (χ1) is 9.58. The molecule has 0 bridgehead atoms. The van der Waals surface area contributed by atoms with E-state index in [0.29, 0.717) is 15.7 Å². The van der Waals surface area contributed by atoms with Crippen molar-refractivity contribution in [1.82, 2.24) is 5.32 Å². The number of halogens is 2. The highest BCUT2D eigenvalue weighted by Crippen LogP contribution is 2.29. The molecule has 2 rings (SSSR count). The van der Waals surface area contributed by atoms with Crippen molar-refractivity contribution in [1.29, 1.82) is 0 Å². The number of carbonyl (C=O) groups is 1. The molecule has 0 fully saturated rings. The summed E-state index contributed by atoms with van der Waals surface area (Å²) in [6.45, 7) is 2.06. The minimum Gasteiger partial charge on any atom is -0.468 e. The van der Waals surface area contributed by atoms with Crippen molar-refractivity contribution in [2.45, 2.75) is 13.0 Å². The minimum atomic E-state index is -0.201. The van der Waals surface area contributed by atoms with E-state index in [4.69, 9.17) is 27.6 Å². The number of nitrogens with one attached hydrogen (secondary N) is 2. The van der Waals surface area contributed by atoms with E-state index in [2.05, 4.69) is 10.6 Å². The van der Waals surface area contributed by atoms with Crippen molar-refractivity contribution < 1.29 is 9.21 Å². The third-order valence-corrected chi connectivity index (χ3v) is 3.58. The number of benzene rings is 1. The topological polar surface area (TPSA) is 54.3 Å². The Kier molecular flexibility index (Phi) is 5.06. The third kappa shape index (κ3) is 3.76. The number of anilines is 1. The average molecular weight is 313 g/mol. The Morgan fingerprint density at radius 2 is 2.10 bits per heavy atom. The van der Waals surface area contributed by atoms with Crippen molar-refractivity contribution in [3.63, 3.8) is 0 Å². The second kappa shape index (κ2) is 6.79. The second-order valence-electron chi connectivity index (χ2n) is 4.27. The molecule has 1 aromatic carbocycles. The fraction of sp³-hybridized carbons (Fsp3) is 0.214. The summed E-state index contributed by atoms with van der Waals surface area (Å²) in [5.41, 5.74) is 0.497. The summed E-state index contributed by atoms with van der Waals surface area (Å²) < 4.78 is 5.25. The maximum absolute atomic E-state index is 11.8. The van der Waals surface area contributed by atoms with E-state index in [-0.39, 0.29) is 18.5 Å². The van der Waals surface area contributed by atoms with Crippen molar-refractivity contribution in [2.75, 3.05) is 11.9 Å². The van der Waals surface area contributed by atoms with Gasteiger partial charge >= 0.3 is 0 Å². The van der Waals surface area contributed by atoms with Crippen molar-refractivity contribution in [3.05, 3.63) is 52.4 Å². The maximum Gasteiger partial charge on any atom is 0.238 e. The van der Waals surface area contributed by atoms with Gasteiger partial charge in [0, 0.05) is 0 Å². The number of amides is 1. The molecule has 2 aromatic rings. The summed E-state index contributed by atoms with van der Waals surface area (Å²) in [5.74, 6) is 0.575. The van der Waals surface area contributed by atoms with Gasteiger partial charge in [0.25, 0.3) is 0 Å². The van der Waals surface area contributed by atoms with E-state index in [1.54, 1.807) is 30.5 Å². The molecule has 0 spiro atoms. The first-order valence-electron chi connectivity index (χ1n) is 6.08. The Morgan fingerprint density at radius 3 is 2.80 bits per heavy atom. The molecule has 0 saturated carbocycles. The fourth-order valence-electron chi connectivity index (χ4n) is 1.68. The van der Waals surface area contributed by atoms with Crippen LogP contribution in [0, 0.1) is 0 Å². The standard InChI is InChI=1S/C14H14Cl2N2O2/c1-9(12-6-3-7-20-12)17-8-13(19)18-11-5-2-4-10(15)14(11)16/h2-7,9,17H,8H2,1H3,(H,18,19)/t9-/m0/s1. The summed E-state index contributed by atoms with van der Waals surface area (Å²) >= 11 is 11.9. The third-order valence-electron chi connectivity index (χ3n) is 2.76. The van der Waals surface area contributed by atoms with E-state index in [9.17, 15) is 4.79 Å². The molecule has 0 saturated heterocycles. The largest absolute Gasteiger partial charge is 0.468 e. The molecular formula is C14H14Cl2N2O2. The van der Waals surface area contributed by atoms with Gasteiger partial charge in [-0.1, -0.05) is 29.3 Å². The van der Waals surface area contributed by atoms with Crippen LogP contribution in [0.2, 0.25) is 10.0 Å². The Balaban J connectivity index is 1.88. The Bertz CT molecular complexity index is 585. The number of carbonyl (C=O) groups excluding carboxylic acids is 1. The van der Waals surface area contributed by atoms with Crippen LogP contribution in [0.25, 0.3) is 0 Å². The highest BCUT2D eigenvalue weighted by molar-refractivity contribution is 6.43. The molecule has 1 amide bonds. The lowest BCUT2D eigenvalue weighted by Crippen LogP contribution is -2.30. The highest BCUT2D eigenvalue weighted by atomic mass is 35.5. The zero-order chi connectivity index (χ0) is 14.5. The van der Waals surface area contributed by atoms with E-state index in [1.165, 1.54) is 0 Å². The molecule has 0 aliphatic heterocycles. The predicted molar refractivity (Wildman–Crippen MR) is 80.2 cm³/mol. The summed E-state index contributed by atoms with van der Waals surface area (Å²) in [5, 5.41) is 6.50. The first kappa shape index (κ1) is 14.9. The molecule has 0 radical (unpaired) electrons. The molecule has 106 valence electrons. The quantitative estimate of drug-likeness (QED) is 0.881. The molecule has 0 aliphatic rings. The van der Waals surface area contributed by atoms with Crippen LogP contribution in [0.3, 0.4) is 0 Å². The molecule has 1 atom stereocenters. The van der Waals surface area contributed by atoms with Crippen LogP contribution in [0.15, 0.2) is 41.0 Å². The smallest absolute Gasteiger partial charge is 0.238 e. The van der Waals surface area contributed by atoms with Gasteiger partial charge in [-0.25, -0.2) is 0 Å². The van der Waals surface area contributed by atoms with Crippen molar-refractivity contribution >= 4 is 34.8 Å². The van der Waals surface area contributed by atoms with Gasteiger partial charge in [-0.15, -0.1) is 0 Å². The molecule has 20 heavy (non-hydrogen) atoms. The second-order valence-corrected chi connectivity index (χ2v) is 5.05. The van der Waals surface area contributed by atoms with E-state index in [0.717, 1.165) is 5.76 Å². The number of rotatable bonds is 5. The van der Waals surface area contributed by atoms with Gasteiger partial charge in [-0.2, -0.15) is 0 Å². The van der Waals surface area contributed by atoms with Gasteiger partial charge in [0.2, 0.25) is 5.91 Å². The summed E-state index contributed by atoms with van der Waals surface area (Å²) in [6.07, 6.45) is 1.60. The normalized spacial score (nSPS) is 12.2. The molecule has 4 nitrogen and oxygen atoms in total. The summed E-state index contributed by atoms with van der Waals surface area (Å²) in [7, 11) is 0. The molecule has 0 aliphatic carbocycles. The van der Waals surface area contributed by atoms with Crippen molar-refractivity contribution in [3.8, 4) is 0 Å². The zero-order valence-electron chi connectivity index (χ0n) is 10.8. The lowest BCUT2D eigenvalue weighted by molar-refractivity contribution is -0.115. The number of hydrogen-bond acceptors (Lipinski definition) is 3. The van der Waals surface area contributed by atoms with Crippen LogP contribution in [0.5, 0.6) is 0 Å². The van der Waals surface area contributed by atoms with Gasteiger partial charge in [0.1, 0.15) is 5.76 Å². The molecule has 6 heteroatoms. The summed E-state index contributed by atoms with van der Waals surface area (Å²) in [6, 6.07) is 8.69. The highest BCUT2D eigenvalue weighted by Gasteiger charge is 2.11. The monoisotopic (exact) mass is 312 g/mol. The van der Waals surface area contributed by atoms with Crippen LogP contribution >= 0.6 is 23.2 Å². The maximum atomic E-state index is 11.8. The van der Waals surface area contributed by atoms with E-state index < -0.39 is 0 Å². The molecule has 2 N–H and O–H groups in total. The van der Waals surface area contributed by atoms with Gasteiger partial charge in [0.05, 0.1) is 34.6 Å². The van der Waals surface area contributed by atoms with Crippen LogP contribution in [-0.2, 0) is 4.79 Å². The summed E-state index contributed by atoms with van der Waals surface area (Å²) in [4.78, 5) is 11.8. The first-order valence-corrected chi connectivity index (χ1v) is 6.84. The molecular weight excluding hydrogens is 299 g/mol. The van der Waals surface area contributed by atoms with E-state index >= 15 is 0 Å². The van der Waals surface area contributed by atoms with Gasteiger partial charge in [0.15, 0.2) is 0 Å². The molecule has 1 heterocycles. The van der Waals surface area contributed by atoms with Crippen LogP contribution in [0.4, 0.5) is 5.69 Å². The zero-order valence-corrected chi connectivity index (χ0v) is 12.3. The van der Waals surface area contributed by atoms with Gasteiger partial charge < -0.3 is 9.73 Å². The van der Waals surface area contributed by atoms with Crippen LogP contribution in [-0.4, -0.2) is 12.5 Å². The lowest BCUT2D eigenvalue weighted by atomic mass is 10.2. The van der Waals surface area contributed by atoms with E-state index in [1.807, 2.05) is 13.0 Å². The molecule has 1 aromatic heterocycles. The lowest BCUT2D eigenvalue weighted by Gasteiger charge is -2.12. The Morgan fingerprint density at radius 1 is 1.30 bits per heavy atom. The van der Waals surface area contributed by atoms with Crippen LogP contribution < -0.4 is 10.6 Å². The Hall–Kier alpha value is -1.49. The predicted octanol–water partition coefficient (Wildman–Crippen LogP) is 3.88. The number of furan rings is 1. The van der Waals surface area contributed by atoms with Crippen molar-refractivity contribution in [2.24, 2.45) is 0 Å². The Labute approximate surface area is 127 Å². The SMILES string of the molecule is C[C@H](NCC(=O)Nc1cccc(Cl)c1Cl)c1ccco1. The van der Waals surface area contributed by atoms with Gasteiger partial charge in [-0.3, -0.25) is 10.1 Å². The molecule has 0 unspecified atom stereocenters.